The van der Waals surface area contributed by atoms with Crippen molar-refractivity contribution in [3.05, 3.63) is 51.6 Å². The molecule has 0 bridgehead atoms. The first-order chi connectivity index (χ1) is 11.0. The van der Waals surface area contributed by atoms with Gasteiger partial charge in [0, 0.05) is 10.5 Å². The van der Waals surface area contributed by atoms with Gasteiger partial charge < -0.3 is 9.47 Å². The second-order valence-electron chi connectivity index (χ2n) is 4.56. The minimum atomic E-state index is -1.64. The summed E-state index contributed by atoms with van der Waals surface area (Å²) >= 11 is 0. The molecule has 0 spiro atoms. The molecule has 0 saturated carbocycles. The number of hydrogen-bond acceptors (Lipinski definition) is 6. The van der Waals surface area contributed by atoms with Crippen LogP contribution in [0.4, 0.5) is 0 Å². The zero-order valence-electron chi connectivity index (χ0n) is 13.1. The normalized spacial score (nSPS) is 12.3. The number of carbonyl (C=O) groups excluding carboxylic acids is 2. The highest BCUT2D eigenvalue weighted by molar-refractivity contribution is 5.94. The van der Waals surface area contributed by atoms with E-state index in [4.69, 9.17) is 9.47 Å². The van der Waals surface area contributed by atoms with Crippen molar-refractivity contribution in [2.45, 2.75) is 26.3 Å². The van der Waals surface area contributed by atoms with Gasteiger partial charge in [-0.3, -0.25) is 10.1 Å². The minimum absolute atomic E-state index is 0.0281. The van der Waals surface area contributed by atoms with E-state index in [1.54, 1.807) is 44.2 Å². The summed E-state index contributed by atoms with van der Waals surface area (Å²) in [6.45, 7) is 3.35. The average Bonchev–Trinajstić information content (AvgIpc) is 2.52. The maximum absolute atomic E-state index is 12.0. The topological polar surface area (TPSA) is 95.7 Å². The second-order valence-corrected chi connectivity index (χ2v) is 4.56. The van der Waals surface area contributed by atoms with Gasteiger partial charge in [-0.05, 0) is 25.5 Å². The molecule has 0 saturated heterocycles. The van der Waals surface area contributed by atoms with Gasteiger partial charge in [0.1, 0.15) is 0 Å². The van der Waals surface area contributed by atoms with E-state index in [0.29, 0.717) is 5.56 Å². The van der Waals surface area contributed by atoms with Crippen LogP contribution in [0.15, 0.2) is 35.9 Å². The van der Waals surface area contributed by atoms with Crippen molar-refractivity contribution in [2.75, 3.05) is 13.2 Å². The van der Waals surface area contributed by atoms with E-state index >= 15 is 0 Å². The van der Waals surface area contributed by atoms with Crippen LogP contribution in [-0.4, -0.2) is 36.1 Å². The van der Waals surface area contributed by atoms with Crippen molar-refractivity contribution in [1.82, 2.24) is 0 Å². The van der Waals surface area contributed by atoms with Crippen LogP contribution in [0.2, 0.25) is 0 Å². The molecule has 0 aliphatic rings. The van der Waals surface area contributed by atoms with Gasteiger partial charge in [-0.2, -0.15) is 0 Å². The molecule has 0 heterocycles. The molecule has 0 radical (unpaired) electrons. The Labute approximate surface area is 134 Å². The van der Waals surface area contributed by atoms with Crippen LogP contribution in [0.5, 0.6) is 0 Å². The third-order valence-corrected chi connectivity index (χ3v) is 2.90. The van der Waals surface area contributed by atoms with E-state index in [1.165, 1.54) is 6.08 Å². The monoisotopic (exact) mass is 321 g/mol. The summed E-state index contributed by atoms with van der Waals surface area (Å²) < 4.78 is 9.61. The fourth-order valence-electron chi connectivity index (χ4n) is 1.87. The van der Waals surface area contributed by atoms with Crippen molar-refractivity contribution in [1.29, 1.82) is 0 Å². The van der Waals surface area contributed by atoms with Gasteiger partial charge in [0.05, 0.1) is 19.6 Å². The third-order valence-electron chi connectivity index (χ3n) is 2.90. The molecule has 0 amide bonds. The van der Waals surface area contributed by atoms with E-state index in [9.17, 15) is 19.7 Å². The Morgan fingerprint density at radius 1 is 1.17 bits per heavy atom. The molecule has 23 heavy (non-hydrogen) atoms. The van der Waals surface area contributed by atoms with Gasteiger partial charge in [0.2, 0.25) is 0 Å². The highest BCUT2D eigenvalue weighted by Gasteiger charge is 2.34. The lowest BCUT2D eigenvalue weighted by atomic mass is 10.0. The van der Waals surface area contributed by atoms with Crippen LogP contribution < -0.4 is 0 Å². The predicted molar refractivity (Wildman–Crippen MR) is 83.1 cm³/mol. The van der Waals surface area contributed by atoms with E-state index in [-0.39, 0.29) is 25.2 Å². The fourth-order valence-corrected chi connectivity index (χ4v) is 1.87. The molecule has 0 aliphatic heterocycles. The smallest absolute Gasteiger partial charge is 0.382 e. The van der Waals surface area contributed by atoms with Crippen molar-refractivity contribution in [3.63, 3.8) is 0 Å². The van der Waals surface area contributed by atoms with Gasteiger partial charge in [-0.15, -0.1) is 0 Å². The van der Waals surface area contributed by atoms with Gasteiger partial charge >= 0.3 is 18.0 Å². The molecule has 7 heteroatoms. The molecule has 1 aromatic carbocycles. The van der Waals surface area contributed by atoms with E-state index in [0.717, 1.165) is 0 Å². The molecule has 124 valence electrons. The first-order valence-electron chi connectivity index (χ1n) is 7.22. The predicted octanol–water partition coefficient (Wildman–Crippen LogP) is 2.23. The highest BCUT2D eigenvalue weighted by Crippen LogP contribution is 2.16. The van der Waals surface area contributed by atoms with Crippen LogP contribution in [0.1, 0.15) is 25.8 Å². The molecule has 0 aliphatic carbocycles. The van der Waals surface area contributed by atoms with E-state index < -0.39 is 22.9 Å². The Balaban J connectivity index is 3.08. The molecule has 1 aromatic rings. The van der Waals surface area contributed by atoms with Crippen LogP contribution in [0, 0.1) is 10.1 Å². The van der Waals surface area contributed by atoms with Gasteiger partial charge in [-0.25, -0.2) is 9.59 Å². The van der Waals surface area contributed by atoms with Gasteiger partial charge in [-0.1, -0.05) is 30.3 Å². The van der Waals surface area contributed by atoms with E-state index in [2.05, 4.69) is 0 Å². The minimum Gasteiger partial charge on any atom is -0.463 e. The summed E-state index contributed by atoms with van der Waals surface area (Å²) in [4.78, 5) is 34.1. The maximum atomic E-state index is 12.0. The Kier molecular flexibility index (Phi) is 7.45. The van der Waals surface area contributed by atoms with Gasteiger partial charge in [0.25, 0.3) is 0 Å². The Morgan fingerprint density at radius 3 is 2.30 bits per heavy atom. The SMILES string of the molecule is CCOC(=O)/C(=C\c1ccccc1)CC(C(=O)OCC)[N+](=O)[O-]. The van der Waals surface area contributed by atoms with Crippen molar-refractivity contribution >= 4 is 18.0 Å². The summed E-state index contributed by atoms with van der Waals surface area (Å²) in [7, 11) is 0. The summed E-state index contributed by atoms with van der Waals surface area (Å²) in [5.74, 6) is -1.66. The number of esters is 2. The molecule has 1 atom stereocenters. The molecule has 1 unspecified atom stereocenters. The fraction of sp³-hybridized carbons (Fsp3) is 0.375. The zero-order chi connectivity index (χ0) is 17.2. The molecular formula is C16H19NO6. The quantitative estimate of drug-likeness (QED) is 0.315. The van der Waals surface area contributed by atoms with Crippen LogP contribution in [-0.2, 0) is 19.1 Å². The number of benzene rings is 1. The number of hydrogen-bond donors (Lipinski definition) is 0. The molecular weight excluding hydrogens is 302 g/mol. The van der Waals surface area contributed by atoms with Crippen molar-refractivity contribution in [3.8, 4) is 0 Å². The first kappa shape index (κ1) is 18.3. The lowest BCUT2D eigenvalue weighted by Crippen LogP contribution is -2.33. The first-order valence-corrected chi connectivity index (χ1v) is 7.22. The zero-order valence-corrected chi connectivity index (χ0v) is 13.1. The van der Waals surface area contributed by atoms with Crippen LogP contribution in [0.25, 0.3) is 6.08 Å². The Hall–Kier alpha value is -2.70. The van der Waals surface area contributed by atoms with Crippen molar-refractivity contribution in [2.24, 2.45) is 0 Å². The second kappa shape index (κ2) is 9.34. The molecule has 1 rings (SSSR count). The van der Waals surface area contributed by atoms with Gasteiger partial charge in [0.15, 0.2) is 0 Å². The number of ether oxygens (including phenoxy) is 2. The molecule has 0 aromatic heterocycles. The summed E-state index contributed by atoms with van der Waals surface area (Å²) in [5, 5.41) is 11.1. The Morgan fingerprint density at radius 2 is 1.78 bits per heavy atom. The lowest BCUT2D eigenvalue weighted by Gasteiger charge is -2.11. The number of carbonyl (C=O) groups is 2. The molecule has 7 nitrogen and oxygen atoms in total. The molecule has 0 N–H and O–H groups in total. The Bertz CT molecular complexity index is 581. The third kappa shape index (κ3) is 5.90. The number of rotatable bonds is 8. The van der Waals surface area contributed by atoms with E-state index in [1.807, 2.05) is 0 Å². The largest absolute Gasteiger partial charge is 0.463 e. The maximum Gasteiger partial charge on any atom is 0.382 e. The average molecular weight is 321 g/mol. The number of nitro groups is 1. The summed E-state index contributed by atoms with van der Waals surface area (Å²) in [5.41, 5.74) is 0.731. The summed E-state index contributed by atoms with van der Waals surface area (Å²) in [6, 6.07) is 7.18. The number of nitrogens with zero attached hydrogens (tertiary/aromatic N) is 1. The lowest BCUT2D eigenvalue weighted by molar-refractivity contribution is -0.509. The van der Waals surface area contributed by atoms with Crippen LogP contribution >= 0.6 is 0 Å². The molecule has 0 fully saturated rings. The van der Waals surface area contributed by atoms with Crippen molar-refractivity contribution < 1.29 is 24.0 Å². The van der Waals surface area contributed by atoms with Crippen LogP contribution in [0.3, 0.4) is 0 Å². The standard InChI is InChI=1S/C16H19NO6/c1-3-22-15(18)13(10-12-8-6-5-7-9-12)11-14(17(20)21)16(19)23-4-2/h5-10,14H,3-4,11H2,1-2H3/b13-10-. The highest BCUT2D eigenvalue weighted by atomic mass is 16.6. The summed E-state index contributed by atoms with van der Waals surface area (Å²) in [6.07, 6.45) is 1.09.